The zero-order valence-corrected chi connectivity index (χ0v) is 15.6. The van der Waals surface area contributed by atoms with Gasteiger partial charge >= 0.3 is 0 Å². The van der Waals surface area contributed by atoms with Gasteiger partial charge in [0.1, 0.15) is 18.2 Å². The van der Waals surface area contributed by atoms with Crippen molar-refractivity contribution in [2.24, 2.45) is 11.8 Å². The smallest absolute Gasteiger partial charge is 0.249 e. The number of carbonyl (C=O) groups excluding carboxylic acids is 1. The SMILES string of the molecule is COCC(=O)N1C[C@H]2CN(c3cc(C#N)ccn3)C[C@H]2[C@@H]1c1cccc(F)c1. The fraction of sp³-hybridized carbons (Fsp3) is 0.381. The summed E-state index contributed by atoms with van der Waals surface area (Å²) in [6, 6.07) is 11.9. The van der Waals surface area contributed by atoms with E-state index < -0.39 is 0 Å². The van der Waals surface area contributed by atoms with Crippen LogP contribution in [0.5, 0.6) is 0 Å². The molecule has 0 saturated carbocycles. The fourth-order valence-corrected chi connectivity index (χ4v) is 4.47. The zero-order chi connectivity index (χ0) is 19.7. The van der Waals surface area contributed by atoms with Crippen LogP contribution in [0.3, 0.4) is 0 Å². The maximum atomic E-state index is 13.9. The Morgan fingerprint density at radius 3 is 2.93 bits per heavy atom. The Labute approximate surface area is 163 Å². The minimum absolute atomic E-state index is 0.0146. The van der Waals surface area contributed by atoms with Crippen molar-refractivity contribution in [1.82, 2.24) is 9.88 Å². The number of amides is 1. The number of fused-ring (bicyclic) bond motifs is 1. The summed E-state index contributed by atoms with van der Waals surface area (Å²) in [5, 5.41) is 9.14. The molecule has 144 valence electrons. The summed E-state index contributed by atoms with van der Waals surface area (Å²) in [6.45, 7) is 2.06. The molecule has 3 atom stereocenters. The molecule has 1 aromatic heterocycles. The van der Waals surface area contributed by atoms with Gasteiger partial charge in [0.2, 0.25) is 5.91 Å². The number of aromatic nitrogens is 1. The largest absolute Gasteiger partial charge is 0.375 e. The molecule has 3 heterocycles. The van der Waals surface area contributed by atoms with Crippen molar-refractivity contribution >= 4 is 11.7 Å². The van der Waals surface area contributed by atoms with E-state index in [-0.39, 0.29) is 36.2 Å². The Balaban J connectivity index is 1.63. The second kappa shape index (κ2) is 7.56. The van der Waals surface area contributed by atoms with E-state index in [0.717, 1.165) is 17.9 Å². The topological polar surface area (TPSA) is 69.5 Å². The van der Waals surface area contributed by atoms with E-state index in [2.05, 4.69) is 16.0 Å². The highest BCUT2D eigenvalue weighted by atomic mass is 19.1. The number of rotatable bonds is 4. The van der Waals surface area contributed by atoms with E-state index in [0.29, 0.717) is 18.7 Å². The quantitative estimate of drug-likeness (QED) is 0.815. The van der Waals surface area contributed by atoms with Crippen LogP contribution in [0.25, 0.3) is 0 Å². The highest BCUT2D eigenvalue weighted by Crippen LogP contribution is 2.45. The second-order valence-electron chi connectivity index (χ2n) is 7.32. The van der Waals surface area contributed by atoms with E-state index in [9.17, 15) is 9.18 Å². The lowest BCUT2D eigenvalue weighted by Crippen LogP contribution is -2.37. The Morgan fingerprint density at radius 2 is 2.18 bits per heavy atom. The second-order valence-corrected chi connectivity index (χ2v) is 7.32. The van der Waals surface area contributed by atoms with E-state index in [1.807, 2.05) is 11.0 Å². The molecule has 28 heavy (non-hydrogen) atoms. The van der Waals surface area contributed by atoms with Crippen molar-refractivity contribution in [2.75, 3.05) is 38.3 Å². The molecule has 1 amide bonds. The van der Waals surface area contributed by atoms with Crippen molar-refractivity contribution in [3.63, 3.8) is 0 Å². The zero-order valence-electron chi connectivity index (χ0n) is 15.6. The first-order chi connectivity index (χ1) is 13.6. The summed E-state index contributed by atoms with van der Waals surface area (Å²) in [5.74, 6) is 0.790. The van der Waals surface area contributed by atoms with Crippen molar-refractivity contribution in [2.45, 2.75) is 6.04 Å². The van der Waals surface area contributed by atoms with E-state index in [1.54, 1.807) is 24.4 Å². The number of nitriles is 1. The Morgan fingerprint density at radius 1 is 1.32 bits per heavy atom. The molecule has 0 bridgehead atoms. The number of methoxy groups -OCH3 is 1. The third kappa shape index (κ3) is 3.32. The molecule has 0 N–H and O–H groups in total. The fourth-order valence-electron chi connectivity index (χ4n) is 4.47. The molecule has 2 fully saturated rings. The van der Waals surface area contributed by atoms with E-state index in [4.69, 9.17) is 10.00 Å². The maximum Gasteiger partial charge on any atom is 0.249 e. The molecule has 0 radical (unpaired) electrons. The summed E-state index contributed by atoms with van der Waals surface area (Å²) in [6.07, 6.45) is 1.64. The molecule has 4 rings (SSSR count). The molecule has 0 spiro atoms. The number of hydrogen-bond donors (Lipinski definition) is 0. The van der Waals surface area contributed by atoms with Crippen LogP contribution in [0.1, 0.15) is 17.2 Å². The number of likely N-dealkylation sites (tertiary alicyclic amines) is 1. The normalized spacial score (nSPS) is 23.5. The molecule has 7 heteroatoms. The van der Waals surface area contributed by atoms with Gasteiger partial charge in [-0.1, -0.05) is 12.1 Å². The number of ether oxygens (including phenoxy) is 1. The van der Waals surface area contributed by atoms with Gasteiger partial charge in [0, 0.05) is 44.8 Å². The molecule has 1 aromatic carbocycles. The number of nitrogens with zero attached hydrogens (tertiary/aromatic N) is 4. The Bertz CT molecular complexity index is 929. The van der Waals surface area contributed by atoms with Gasteiger partial charge in [-0.25, -0.2) is 9.37 Å². The molecule has 0 unspecified atom stereocenters. The summed E-state index contributed by atoms with van der Waals surface area (Å²) >= 11 is 0. The third-order valence-corrected chi connectivity index (χ3v) is 5.64. The standard InChI is InChI=1S/C21H21FN4O2/c1-28-13-20(27)26-11-16-10-25(19-7-14(9-23)5-6-24-19)12-18(16)21(26)15-3-2-4-17(22)8-15/h2-8,16,18,21H,10-13H2,1H3/t16-,18-,21+/m1/s1. The minimum Gasteiger partial charge on any atom is -0.375 e. The predicted molar refractivity (Wildman–Crippen MR) is 101 cm³/mol. The third-order valence-electron chi connectivity index (χ3n) is 5.64. The maximum absolute atomic E-state index is 13.9. The first kappa shape index (κ1) is 18.4. The molecule has 2 saturated heterocycles. The van der Waals surface area contributed by atoms with Gasteiger partial charge < -0.3 is 14.5 Å². The summed E-state index contributed by atoms with van der Waals surface area (Å²) in [4.78, 5) is 21.0. The number of pyridine rings is 1. The lowest BCUT2D eigenvalue weighted by molar-refractivity contribution is -0.136. The van der Waals surface area contributed by atoms with Gasteiger partial charge in [-0.05, 0) is 29.8 Å². The predicted octanol–water partition coefficient (Wildman–Crippen LogP) is 2.37. The van der Waals surface area contributed by atoms with Crippen molar-refractivity contribution < 1.29 is 13.9 Å². The Kier molecular flexibility index (Phi) is 4.97. The molecular weight excluding hydrogens is 359 g/mol. The van der Waals surface area contributed by atoms with Crippen molar-refractivity contribution in [3.05, 3.63) is 59.5 Å². The van der Waals surface area contributed by atoms with Crippen LogP contribution in [0.2, 0.25) is 0 Å². The first-order valence-electron chi connectivity index (χ1n) is 9.25. The highest BCUT2D eigenvalue weighted by molar-refractivity contribution is 5.78. The van der Waals surface area contributed by atoms with E-state index >= 15 is 0 Å². The molecule has 2 aliphatic rings. The number of anilines is 1. The minimum atomic E-state index is -0.307. The van der Waals surface area contributed by atoms with Gasteiger partial charge in [0.25, 0.3) is 0 Å². The lowest BCUT2D eigenvalue weighted by atomic mass is 9.89. The molecule has 0 aliphatic carbocycles. The van der Waals surface area contributed by atoms with Crippen LogP contribution in [-0.2, 0) is 9.53 Å². The van der Waals surface area contributed by atoms with Crippen LogP contribution in [-0.4, -0.2) is 49.1 Å². The van der Waals surface area contributed by atoms with Crippen molar-refractivity contribution in [1.29, 1.82) is 5.26 Å². The molecular formula is C21H21FN4O2. The van der Waals surface area contributed by atoms with Gasteiger partial charge in [0.05, 0.1) is 17.7 Å². The molecule has 6 nitrogen and oxygen atoms in total. The van der Waals surface area contributed by atoms with Gasteiger partial charge in [-0.3, -0.25) is 4.79 Å². The van der Waals surface area contributed by atoms with Gasteiger partial charge in [-0.2, -0.15) is 5.26 Å². The number of carbonyl (C=O) groups is 1. The van der Waals surface area contributed by atoms with Crippen LogP contribution < -0.4 is 4.90 Å². The highest BCUT2D eigenvalue weighted by Gasteiger charge is 2.49. The number of hydrogen-bond acceptors (Lipinski definition) is 5. The molecule has 2 aliphatic heterocycles. The summed E-state index contributed by atoms with van der Waals surface area (Å²) in [7, 11) is 1.50. The number of halogens is 1. The van der Waals surface area contributed by atoms with Crippen LogP contribution in [0.4, 0.5) is 10.2 Å². The molecule has 2 aromatic rings. The lowest BCUT2D eigenvalue weighted by Gasteiger charge is -2.30. The average molecular weight is 380 g/mol. The van der Waals surface area contributed by atoms with Crippen LogP contribution in [0.15, 0.2) is 42.6 Å². The van der Waals surface area contributed by atoms with E-state index in [1.165, 1.54) is 19.2 Å². The summed E-state index contributed by atoms with van der Waals surface area (Å²) < 4.78 is 18.9. The van der Waals surface area contributed by atoms with Crippen molar-refractivity contribution in [3.8, 4) is 6.07 Å². The Hall–Kier alpha value is -2.98. The average Bonchev–Trinajstić information content (AvgIpc) is 3.26. The number of benzene rings is 1. The van der Waals surface area contributed by atoms with Crippen LogP contribution >= 0.6 is 0 Å². The summed E-state index contributed by atoms with van der Waals surface area (Å²) in [5.41, 5.74) is 1.37. The van der Waals surface area contributed by atoms with Gasteiger partial charge in [-0.15, -0.1) is 0 Å². The van der Waals surface area contributed by atoms with Gasteiger partial charge in [0.15, 0.2) is 0 Å². The van der Waals surface area contributed by atoms with Crippen LogP contribution in [0, 0.1) is 29.0 Å². The monoisotopic (exact) mass is 380 g/mol. The first-order valence-corrected chi connectivity index (χ1v) is 9.25.